The highest BCUT2D eigenvalue weighted by Crippen LogP contribution is 2.30. The first-order valence-electron chi connectivity index (χ1n) is 9.31. The van der Waals surface area contributed by atoms with Gasteiger partial charge in [-0.2, -0.15) is 10.2 Å². The lowest BCUT2D eigenvalue weighted by Crippen LogP contribution is -2.46. The van der Waals surface area contributed by atoms with Gasteiger partial charge in [-0.05, 0) is 17.7 Å². The zero-order valence-corrected chi connectivity index (χ0v) is 15.7. The third-order valence-corrected chi connectivity index (χ3v) is 4.95. The first-order chi connectivity index (χ1) is 14.1. The van der Waals surface area contributed by atoms with E-state index in [-0.39, 0.29) is 17.3 Å². The minimum absolute atomic E-state index is 0.00410. The number of nitrogens with zero attached hydrogens (tertiary/aromatic N) is 5. The molecule has 0 aliphatic carbocycles. The van der Waals surface area contributed by atoms with Crippen molar-refractivity contribution in [2.24, 2.45) is 0 Å². The van der Waals surface area contributed by atoms with Gasteiger partial charge < -0.3 is 9.32 Å². The number of non-ortho nitro benzene ring substituents is 1. The molecule has 1 aliphatic heterocycles. The SMILES string of the molecule is N#Cc1nc(-c2ccc([N+](=O)[O-])cc2)oc1N1CCN(Cc2ccccc2)CC1. The maximum atomic E-state index is 10.8. The van der Waals surface area contributed by atoms with E-state index in [4.69, 9.17) is 4.42 Å². The van der Waals surface area contributed by atoms with E-state index in [2.05, 4.69) is 28.1 Å². The Labute approximate surface area is 167 Å². The molecule has 1 aliphatic rings. The molecule has 0 radical (unpaired) electrons. The van der Waals surface area contributed by atoms with Gasteiger partial charge in [0.25, 0.3) is 5.69 Å². The number of piperazine rings is 1. The van der Waals surface area contributed by atoms with Crippen LogP contribution in [-0.2, 0) is 6.54 Å². The number of hydrogen-bond acceptors (Lipinski definition) is 7. The molecular weight excluding hydrogens is 370 g/mol. The molecule has 0 N–H and O–H groups in total. The predicted octanol–water partition coefficient (Wildman–Crippen LogP) is 3.44. The Bertz CT molecular complexity index is 1030. The number of nitriles is 1. The Morgan fingerprint density at radius 3 is 2.38 bits per heavy atom. The van der Waals surface area contributed by atoms with Crippen molar-refractivity contribution in [2.75, 3.05) is 31.1 Å². The van der Waals surface area contributed by atoms with Crippen LogP contribution in [0, 0.1) is 21.4 Å². The molecule has 1 aromatic heterocycles. The molecule has 1 fully saturated rings. The van der Waals surface area contributed by atoms with Gasteiger partial charge in [0.05, 0.1) is 4.92 Å². The van der Waals surface area contributed by atoms with Crippen LogP contribution in [0.15, 0.2) is 59.0 Å². The summed E-state index contributed by atoms with van der Waals surface area (Å²) in [6.07, 6.45) is 0. The second kappa shape index (κ2) is 8.12. The summed E-state index contributed by atoms with van der Waals surface area (Å²) in [5.74, 6) is 0.748. The van der Waals surface area contributed by atoms with Crippen molar-refractivity contribution in [1.82, 2.24) is 9.88 Å². The summed E-state index contributed by atoms with van der Waals surface area (Å²) in [7, 11) is 0. The Balaban J connectivity index is 1.46. The summed E-state index contributed by atoms with van der Waals surface area (Å²) in [6, 6.07) is 18.4. The molecule has 8 heteroatoms. The van der Waals surface area contributed by atoms with Crippen molar-refractivity contribution in [2.45, 2.75) is 6.54 Å². The molecule has 4 rings (SSSR count). The smallest absolute Gasteiger partial charge is 0.269 e. The lowest BCUT2D eigenvalue weighted by atomic mass is 10.2. The van der Waals surface area contributed by atoms with Crippen LogP contribution >= 0.6 is 0 Å². The maximum absolute atomic E-state index is 10.8. The zero-order chi connectivity index (χ0) is 20.2. The molecule has 1 saturated heterocycles. The van der Waals surface area contributed by atoms with Crippen LogP contribution in [0.2, 0.25) is 0 Å². The van der Waals surface area contributed by atoms with E-state index < -0.39 is 4.92 Å². The molecule has 2 aromatic carbocycles. The van der Waals surface area contributed by atoms with Crippen molar-refractivity contribution in [3.8, 4) is 17.5 Å². The molecule has 0 unspecified atom stereocenters. The molecule has 146 valence electrons. The van der Waals surface area contributed by atoms with Crippen molar-refractivity contribution in [3.63, 3.8) is 0 Å². The molecular formula is C21H19N5O3. The van der Waals surface area contributed by atoms with E-state index >= 15 is 0 Å². The third-order valence-electron chi connectivity index (χ3n) is 4.95. The number of nitro benzene ring substituents is 1. The van der Waals surface area contributed by atoms with E-state index in [1.54, 1.807) is 12.1 Å². The average Bonchev–Trinajstić information content (AvgIpc) is 3.19. The summed E-state index contributed by atoms with van der Waals surface area (Å²) in [6.45, 7) is 4.07. The summed E-state index contributed by atoms with van der Waals surface area (Å²) in [5, 5.41) is 20.3. The first-order valence-corrected chi connectivity index (χ1v) is 9.31. The number of oxazole rings is 1. The van der Waals surface area contributed by atoms with E-state index in [0.29, 0.717) is 11.4 Å². The lowest BCUT2D eigenvalue weighted by Gasteiger charge is -2.34. The van der Waals surface area contributed by atoms with Crippen LogP contribution in [0.25, 0.3) is 11.5 Å². The van der Waals surface area contributed by atoms with Crippen molar-refractivity contribution >= 4 is 11.6 Å². The Kier molecular flexibility index (Phi) is 5.22. The van der Waals surface area contributed by atoms with Crippen LogP contribution < -0.4 is 4.90 Å². The molecule has 0 amide bonds. The topological polar surface area (TPSA) is 99.4 Å². The Morgan fingerprint density at radius 1 is 1.07 bits per heavy atom. The van der Waals surface area contributed by atoms with Crippen LogP contribution in [0.5, 0.6) is 0 Å². The van der Waals surface area contributed by atoms with Gasteiger partial charge in [0.15, 0.2) is 0 Å². The van der Waals surface area contributed by atoms with Crippen LogP contribution in [0.1, 0.15) is 11.3 Å². The summed E-state index contributed by atoms with van der Waals surface area (Å²) in [4.78, 5) is 19.0. The summed E-state index contributed by atoms with van der Waals surface area (Å²) >= 11 is 0. The molecule has 29 heavy (non-hydrogen) atoms. The highest BCUT2D eigenvalue weighted by atomic mass is 16.6. The molecule has 2 heterocycles. The zero-order valence-electron chi connectivity index (χ0n) is 15.7. The van der Waals surface area contributed by atoms with Gasteiger partial charge in [-0.15, -0.1) is 0 Å². The van der Waals surface area contributed by atoms with E-state index in [1.807, 2.05) is 23.1 Å². The molecule has 0 spiro atoms. The number of aromatic nitrogens is 1. The largest absolute Gasteiger partial charge is 0.419 e. The third kappa shape index (κ3) is 4.10. The number of anilines is 1. The molecule has 8 nitrogen and oxygen atoms in total. The average molecular weight is 389 g/mol. The van der Waals surface area contributed by atoms with Crippen LogP contribution in [0.4, 0.5) is 11.6 Å². The minimum Gasteiger partial charge on any atom is -0.419 e. The quantitative estimate of drug-likeness (QED) is 0.487. The van der Waals surface area contributed by atoms with Gasteiger partial charge in [-0.3, -0.25) is 15.0 Å². The molecule has 0 saturated carbocycles. The molecule has 0 bridgehead atoms. The normalized spacial score (nSPS) is 14.5. The summed E-state index contributed by atoms with van der Waals surface area (Å²) in [5.41, 5.74) is 2.10. The van der Waals surface area contributed by atoms with Crippen LogP contribution in [0.3, 0.4) is 0 Å². The first kappa shape index (κ1) is 18.7. The fourth-order valence-corrected chi connectivity index (χ4v) is 3.40. The predicted molar refractivity (Wildman–Crippen MR) is 107 cm³/mol. The van der Waals surface area contributed by atoms with Gasteiger partial charge in [-0.1, -0.05) is 30.3 Å². The standard InChI is InChI=1S/C21H19N5O3/c22-14-19-21(29-20(23-19)17-6-8-18(9-7-17)26(27)28)25-12-10-24(11-13-25)15-16-4-2-1-3-5-16/h1-9H,10-13,15H2. The number of benzene rings is 2. The van der Waals surface area contributed by atoms with E-state index in [0.717, 1.165) is 32.7 Å². The number of rotatable bonds is 5. The molecule has 3 aromatic rings. The van der Waals surface area contributed by atoms with Crippen LogP contribution in [-0.4, -0.2) is 41.0 Å². The number of hydrogen-bond donors (Lipinski definition) is 0. The van der Waals surface area contributed by atoms with Crippen molar-refractivity contribution in [3.05, 3.63) is 76.0 Å². The van der Waals surface area contributed by atoms with Crippen molar-refractivity contribution in [1.29, 1.82) is 5.26 Å². The van der Waals surface area contributed by atoms with Gasteiger partial charge >= 0.3 is 0 Å². The lowest BCUT2D eigenvalue weighted by molar-refractivity contribution is -0.384. The second-order valence-corrected chi connectivity index (χ2v) is 6.84. The highest BCUT2D eigenvalue weighted by molar-refractivity contribution is 5.61. The van der Waals surface area contributed by atoms with Gasteiger partial charge in [0.1, 0.15) is 6.07 Å². The Hall–Kier alpha value is -3.70. The maximum Gasteiger partial charge on any atom is 0.269 e. The van der Waals surface area contributed by atoms with Gasteiger partial charge in [-0.25, -0.2) is 0 Å². The highest BCUT2D eigenvalue weighted by Gasteiger charge is 2.24. The van der Waals surface area contributed by atoms with E-state index in [9.17, 15) is 15.4 Å². The fourth-order valence-electron chi connectivity index (χ4n) is 3.40. The van der Waals surface area contributed by atoms with Gasteiger partial charge in [0, 0.05) is 50.4 Å². The van der Waals surface area contributed by atoms with Gasteiger partial charge in [0.2, 0.25) is 17.5 Å². The minimum atomic E-state index is -0.458. The number of nitro groups is 1. The monoisotopic (exact) mass is 389 g/mol. The second-order valence-electron chi connectivity index (χ2n) is 6.84. The summed E-state index contributed by atoms with van der Waals surface area (Å²) < 4.78 is 5.89. The van der Waals surface area contributed by atoms with E-state index in [1.165, 1.54) is 17.7 Å². The Morgan fingerprint density at radius 2 is 1.76 bits per heavy atom. The molecule has 0 atom stereocenters. The van der Waals surface area contributed by atoms with Crippen molar-refractivity contribution < 1.29 is 9.34 Å². The fraction of sp³-hybridized carbons (Fsp3) is 0.238.